The van der Waals surface area contributed by atoms with E-state index in [0.29, 0.717) is 5.41 Å². The smallest absolute Gasteiger partial charge is 0.156 e. The second-order valence-corrected chi connectivity index (χ2v) is 7.51. The Bertz CT molecular complexity index is 336. The molecule has 1 unspecified atom stereocenters. The lowest BCUT2D eigenvalue weighted by Gasteiger charge is -2.31. The van der Waals surface area contributed by atoms with Crippen LogP contribution in [0.4, 0.5) is 0 Å². The molecule has 108 valence electrons. The maximum atomic E-state index is 4.82. The fourth-order valence-electron chi connectivity index (χ4n) is 3.68. The molecule has 1 N–H and O–H groups in total. The molecule has 1 saturated carbocycles. The number of aliphatic imine (C=N–C) groups is 1. The maximum Gasteiger partial charge on any atom is 0.156 e. The summed E-state index contributed by atoms with van der Waals surface area (Å²) in [5, 5.41) is 4.82. The summed E-state index contributed by atoms with van der Waals surface area (Å²) >= 11 is 1.97. The zero-order chi connectivity index (χ0) is 13.1. The van der Waals surface area contributed by atoms with Gasteiger partial charge in [0.05, 0.1) is 0 Å². The van der Waals surface area contributed by atoms with Crippen LogP contribution in [0.15, 0.2) is 4.99 Å². The van der Waals surface area contributed by atoms with Gasteiger partial charge in [-0.05, 0) is 43.7 Å². The Morgan fingerprint density at radius 3 is 2.89 bits per heavy atom. The Morgan fingerprint density at radius 2 is 2.26 bits per heavy atom. The van der Waals surface area contributed by atoms with Crippen LogP contribution in [-0.2, 0) is 0 Å². The average molecular weight is 281 g/mol. The van der Waals surface area contributed by atoms with Gasteiger partial charge in [-0.1, -0.05) is 31.5 Å². The quantitative estimate of drug-likeness (QED) is 0.861. The first-order valence-electron chi connectivity index (χ1n) is 7.93. The second-order valence-electron chi connectivity index (χ2n) is 6.55. The molecule has 0 aromatic rings. The Labute approximate surface area is 121 Å². The first kappa shape index (κ1) is 13.7. The summed E-state index contributed by atoms with van der Waals surface area (Å²) in [4.78, 5) is 7.37. The van der Waals surface area contributed by atoms with Gasteiger partial charge >= 0.3 is 0 Å². The fraction of sp³-hybridized carbons (Fsp3) is 0.933. The van der Waals surface area contributed by atoms with E-state index < -0.39 is 0 Å². The monoisotopic (exact) mass is 281 g/mol. The molecule has 0 amide bonds. The normalized spacial score (nSPS) is 30.8. The molecule has 19 heavy (non-hydrogen) atoms. The van der Waals surface area contributed by atoms with Gasteiger partial charge in [-0.3, -0.25) is 4.99 Å². The maximum absolute atomic E-state index is 4.82. The highest BCUT2D eigenvalue weighted by molar-refractivity contribution is 8.13. The van der Waals surface area contributed by atoms with Crippen LogP contribution in [-0.4, -0.2) is 48.5 Å². The molecule has 2 fully saturated rings. The molecule has 0 aromatic heterocycles. The predicted octanol–water partition coefficient (Wildman–Crippen LogP) is 2.58. The highest BCUT2D eigenvalue weighted by atomic mass is 32.2. The molecule has 3 rings (SSSR count). The van der Waals surface area contributed by atoms with Crippen LogP contribution in [0.1, 0.15) is 39.0 Å². The number of amidine groups is 1. The van der Waals surface area contributed by atoms with E-state index in [2.05, 4.69) is 17.1 Å². The molecule has 1 spiro atoms. The van der Waals surface area contributed by atoms with E-state index in [1.165, 1.54) is 62.7 Å². The van der Waals surface area contributed by atoms with Gasteiger partial charge in [0.25, 0.3) is 0 Å². The number of nitrogens with one attached hydrogen (secondary N) is 1. The molecule has 0 radical (unpaired) electrons. The summed E-state index contributed by atoms with van der Waals surface area (Å²) in [6.07, 6.45) is 7.01. The van der Waals surface area contributed by atoms with E-state index in [0.717, 1.165) is 19.0 Å². The minimum absolute atomic E-state index is 0.572. The van der Waals surface area contributed by atoms with Gasteiger partial charge in [-0.25, -0.2) is 0 Å². The van der Waals surface area contributed by atoms with E-state index >= 15 is 0 Å². The Morgan fingerprint density at radius 1 is 1.42 bits per heavy atom. The Hall–Kier alpha value is -0.220. The summed E-state index contributed by atoms with van der Waals surface area (Å²) in [5.74, 6) is 2.12. The molecule has 1 aliphatic carbocycles. The molecule has 2 heterocycles. The summed E-state index contributed by atoms with van der Waals surface area (Å²) in [6.45, 7) is 8.22. The van der Waals surface area contributed by atoms with Crippen molar-refractivity contribution in [2.45, 2.75) is 39.0 Å². The Balaban J connectivity index is 1.43. The van der Waals surface area contributed by atoms with Crippen LogP contribution in [0, 0.1) is 11.3 Å². The van der Waals surface area contributed by atoms with Crippen LogP contribution in [0.3, 0.4) is 0 Å². The van der Waals surface area contributed by atoms with Gasteiger partial charge in [-0.2, -0.15) is 0 Å². The molecule has 0 bridgehead atoms. The third-order valence-corrected chi connectivity index (χ3v) is 6.40. The number of rotatable bonds is 3. The van der Waals surface area contributed by atoms with Crippen molar-refractivity contribution in [1.29, 1.82) is 0 Å². The first-order chi connectivity index (χ1) is 9.30. The standard InChI is InChI=1S/C15H27N3S/c1-2-18-8-5-13(10-18)9-16-14-17-11-15(12-19-14)6-3-4-7-15/h13H,2-12H2,1H3,(H,16,17). The van der Waals surface area contributed by atoms with Crippen molar-refractivity contribution >= 4 is 16.9 Å². The zero-order valence-electron chi connectivity index (χ0n) is 12.2. The molecule has 3 nitrogen and oxygen atoms in total. The average Bonchev–Trinajstić information content (AvgIpc) is 3.08. The van der Waals surface area contributed by atoms with Gasteiger partial charge in [0, 0.05) is 25.4 Å². The highest BCUT2D eigenvalue weighted by Crippen LogP contribution is 2.43. The van der Waals surface area contributed by atoms with Crippen molar-refractivity contribution < 1.29 is 0 Å². The third kappa shape index (κ3) is 3.27. The van der Waals surface area contributed by atoms with Crippen molar-refractivity contribution in [2.75, 3.05) is 38.5 Å². The summed E-state index contributed by atoms with van der Waals surface area (Å²) in [7, 11) is 0. The van der Waals surface area contributed by atoms with Crippen molar-refractivity contribution in [2.24, 2.45) is 16.3 Å². The SMILES string of the molecule is CCN1CCC(CNC2=NCC3(CCCC3)CS2)C1. The van der Waals surface area contributed by atoms with Crippen molar-refractivity contribution in [1.82, 2.24) is 10.2 Å². The molecule has 0 aromatic carbocycles. The molecule has 2 aliphatic heterocycles. The number of likely N-dealkylation sites (tertiary alicyclic amines) is 1. The zero-order valence-corrected chi connectivity index (χ0v) is 13.0. The van der Waals surface area contributed by atoms with Crippen LogP contribution in [0.5, 0.6) is 0 Å². The number of nitrogens with zero attached hydrogens (tertiary/aromatic N) is 2. The first-order valence-corrected chi connectivity index (χ1v) is 8.92. The van der Waals surface area contributed by atoms with Gasteiger partial charge in [0.2, 0.25) is 0 Å². The van der Waals surface area contributed by atoms with Gasteiger partial charge in [0.15, 0.2) is 5.17 Å². The lowest BCUT2D eigenvalue weighted by atomic mass is 9.89. The lowest BCUT2D eigenvalue weighted by Crippen LogP contribution is -2.35. The summed E-state index contributed by atoms with van der Waals surface area (Å²) in [5.41, 5.74) is 0.572. The summed E-state index contributed by atoms with van der Waals surface area (Å²) in [6, 6.07) is 0. The van der Waals surface area contributed by atoms with Crippen molar-refractivity contribution in [3.63, 3.8) is 0 Å². The van der Waals surface area contributed by atoms with Crippen molar-refractivity contribution in [3.8, 4) is 0 Å². The largest absolute Gasteiger partial charge is 0.365 e. The van der Waals surface area contributed by atoms with Gasteiger partial charge in [-0.15, -0.1) is 0 Å². The topological polar surface area (TPSA) is 27.6 Å². The molecule has 1 saturated heterocycles. The van der Waals surface area contributed by atoms with E-state index in [-0.39, 0.29) is 0 Å². The minimum atomic E-state index is 0.572. The van der Waals surface area contributed by atoms with E-state index in [4.69, 9.17) is 4.99 Å². The van der Waals surface area contributed by atoms with Gasteiger partial charge < -0.3 is 10.2 Å². The minimum Gasteiger partial charge on any atom is -0.365 e. The lowest BCUT2D eigenvalue weighted by molar-refractivity contribution is 0.341. The third-order valence-electron chi connectivity index (χ3n) is 5.10. The number of thioether (sulfide) groups is 1. The predicted molar refractivity (Wildman–Crippen MR) is 83.9 cm³/mol. The Kier molecular flexibility index (Phi) is 4.37. The van der Waals surface area contributed by atoms with Crippen LogP contribution in [0.25, 0.3) is 0 Å². The van der Waals surface area contributed by atoms with E-state index in [9.17, 15) is 0 Å². The second kappa shape index (κ2) is 6.04. The molecular weight excluding hydrogens is 254 g/mol. The van der Waals surface area contributed by atoms with Crippen LogP contribution < -0.4 is 5.32 Å². The molecule has 1 atom stereocenters. The van der Waals surface area contributed by atoms with Crippen LogP contribution in [0.2, 0.25) is 0 Å². The molecular formula is C15H27N3S. The number of hydrogen-bond acceptors (Lipinski definition) is 4. The molecule has 3 aliphatic rings. The fourth-order valence-corrected chi connectivity index (χ4v) is 4.85. The summed E-state index contributed by atoms with van der Waals surface area (Å²) < 4.78 is 0. The highest BCUT2D eigenvalue weighted by Gasteiger charge is 2.36. The molecule has 4 heteroatoms. The van der Waals surface area contributed by atoms with E-state index in [1.807, 2.05) is 11.8 Å². The number of hydrogen-bond donors (Lipinski definition) is 1. The van der Waals surface area contributed by atoms with Gasteiger partial charge in [0.1, 0.15) is 0 Å². The van der Waals surface area contributed by atoms with Crippen molar-refractivity contribution in [3.05, 3.63) is 0 Å². The van der Waals surface area contributed by atoms with E-state index in [1.54, 1.807) is 0 Å². The van der Waals surface area contributed by atoms with Crippen LogP contribution >= 0.6 is 11.8 Å².